The van der Waals surface area contributed by atoms with E-state index < -0.39 is 7.82 Å². The van der Waals surface area contributed by atoms with Gasteiger partial charge in [-0.3, -0.25) is 4.79 Å². The van der Waals surface area contributed by atoms with E-state index >= 15 is 0 Å². The fourth-order valence-electron chi connectivity index (χ4n) is 4.31. The Kier molecular flexibility index (Phi) is 8.02. The summed E-state index contributed by atoms with van der Waals surface area (Å²) in [6.07, 6.45) is 3.40. The van der Waals surface area contributed by atoms with E-state index in [1.807, 2.05) is 6.07 Å². The predicted octanol–water partition coefficient (Wildman–Crippen LogP) is 4.58. The van der Waals surface area contributed by atoms with E-state index in [0.29, 0.717) is 34.8 Å². The van der Waals surface area contributed by atoms with Crippen LogP contribution in [0.2, 0.25) is 0 Å². The number of phosphoric acid groups is 1. The lowest BCUT2D eigenvalue weighted by molar-refractivity contribution is -0.123. The first-order valence-corrected chi connectivity index (χ1v) is 12.1. The molecular weight excluding hydrogens is 451 g/mol. The molecule has 2 unspecified atom stereocenters. The van der Waals surface area contributed by atoms with E-state index in [1.54, 1.807) is 31.2 Å². The third-order valence-electron chi connectivity index (χ3n) is 5.92. The molecule has 0 amide bonds. The van der Waals surface area contributed by atoms with E-state index in [0.717, 1.165) is 24.8 Å². The summed E-state index contributed by atoms with van der Waals surface area (Å²) in [5.74, 6) is 1.01. The number of Topliss-reactive ketones (excluding diaryl/α,β-unsaturated/α-hetero) is 1. The summed E-state index contributed by atoms with van der Waals surface area (Å²) in [7, 11) is -0.288. The predicted molar refractivity (Wildman–Crippen MR) is 120 cm³/mol. The molecule has 0 saturated heterocycles. The molecule has 0 heterocycles. The van der Waals surface area contributed by atoms with E-state index in [1.165, 1.54) is 21.3 Å². The zero-order valence-corrected chi connectivity index (χ0v) is 20.0. The number of methoxy groups -OCH3 is 3. The number of rotatable bonds is 9. The molecule has 1 fully saturated rings. The van der Waals surface area contributed by atoms with E-state index in [9.17, 15) is 9.36 Å². The van der Waals surface area contributed by atoms with Crippen LogP contribution >= 0.6 is 7.82 Å². The molecule has 1 aliphatic carbocycles. The van der Waals surface area contributed by atoms with Gasteiger partial charge in [-0.25, -0.2) is 4.57 Å². The van der Waals surface area contributed by atoms with Crippen molar-refractivity contribution in [2.75, 3.05) is 21.3 Å². The Labute approximate surface area is 192 Å². The maximum absolute atomic E-state index is 13.6. The molecule has 2 N–H and O–H groups in total. The second kappa shape index (κ2) is 10.6. The van der Waals surface area contributed by atoms with Gasteiger partial charge >= 0.3 is 7.82 Å². The molecule has 33 heavy (non-hydrogen) atoms. The van der Waals surface area contributed by atoms with E-state index in [-0.39, 0.29) is 23.4 Å². The molecule has 2 aromatic rings. The summed E-state index contributed by atoms with van der Waals surface area (Å²) < 4.78 is 31.4. The van der Waals surface area contributed by atoms with Crippen LogP contribution in [0.15, 0.2) is 30.3 Å². The van der Waals surface area contributed by atoms with Crippen LogP contribution in [-0.4, -0.2) is 36.9 Å². The Morgan fingerprint density at radius 1 is 0.939 bits per heavy atom. The Morgan fingerprint density at radius 3 is 2.15 bits per heavy atom. The van der Waals surface area contributed by atoms with Crippen LogP contribution < -0.4 is 19.1 Å². The number of benzene rings is 2. The second-order valence-electron chi connectivity index (χ2n) is 7.95. The van der Waals surface area contributed by atoms with Gasteiger partial charge in [0.05, 0.1) is 21.3 Å². The van der Waals surface area contributed by atoms with Gasteiger partial charge in [0, 0.05) is 11.5 Å². The number of hydrogen-bond donors (Lipinski definition) is 2. The highest BCUT2D eigenvalue weighted by molar-refractivity contribution is 7.46. The molecule has 2 aromatic carbocycles. The van der Waals surface area contributed by atoms with Gasteiger partial charge < -0.3 is 28.9 Å². The summed E-state index contributed by atoms with van der Waals surface area (Å²) in [5.41, 5.74) is 1.96. The Balaban J connectivity index is 1.94. The quantitative estimate of drug-likeness (QED) is 0.230. The second-order valence-corrected chi connectivity index (χ2v) is 9.08. The SMILES string of the molecule is COc1cc(C(=O)C2CCCCC2c2ccc(C)c(OOP(=O)(O)O)c2)cc(OC)c1OC. The van der Waals surface area contributed by atoms with Gasteiger partial charge in [-0.15, -0.1) is 0 Å². The van der Waals surface area contributed by atoms with Crippen molar-refractivity contribution in [3.63, 3.8) is 0 Å². The average Bonchev–Trinajstić information content (AvgIpc) is 2.81. The number of ether oxygens (including phenoxy) is 3. The molecule has 180 valence electrons. The highest BCUT2D eigenvalue weighted by Crippen LogP contribution is 2.44. The fraction of sp³-hybridized carbons (Fsp3) is 0.435. The minimum absolute atomic E-state index is 0.0338. The van der Waals surface area contributed by atoms with Gasteiger partial charge in [0.2, 0.25) is 5.75 Å². The average molecular weight is 480 g/mol. The molecule has 9 nitrogen and oxygen atoms in total. The minimum Gasteiger partial charge on any atom is -0.493 e. The highest BCUT2D eigenvalue weighted by Gasteiger charge is 2.34. The van der Waals surface area contributed by atoms with Crippen LogP contribution in [0.3, 0.4) is 0 Å². The number of carbonyl (C=O) groups excluding carboxylic acids is 1. The molecule has 2 atom stereocenters. The van der Waals surface area contributed by atoms with Crippen LogP contribution in [0.4, 0.5) is 0 Å². The molecular formula is C23H29O9P. The van der Waals surface area contributed by atoms with Crippen molar-refractivity contribution in [3.05, 3.63) is 47.0 Å². The molecule has 0 radical (unpaired) electrons. The van der Waals surface area contributed by atoms with E-state index in [4.69, 9.17) is 28.9 Å². The summed E-state index contributed by atoms with van der Waals surface area (Å²) in [5, 5.41) is 0. The van der Waals surface area contributed by atoms with Crippen molar-refractivity contribution >= 4 is 13.6 Å². The van der Waals surface area contributed by atoms with Crippen LogP contribution in [0, 0.1) is 12.8 Å². The Morgan fingerprint density at radius 2 is 1.58 bits per heavy atom. The third-order valence-corrected chi connectivity index (χ3v) is 6.19. The van der Waals surface area contributed by atoms with Crippen molar-refractivity contribution in [3.8, 4) is 23.0 Å². The maximum atomic E-state index is 13.6. The lowest BCUT2D eigenvalue weighted by Crippen LogP contribution is -2.26. The zero-order valence-electron chi connectivity index (χ0n) is 19.1. The standard InChI is InChI=1S/C23H29O9P/c1-14-9-10-15(11-19(14)31-32-33(25,26)27)17-7-5-6-8-18(17)22(24)16-12-20(28-2)23(30-4)21(13-16)29-3/h9-13,17-18H,5-8H2,1-4H3,(H2,25,26,27). The van der Waals surface area contributed by atoms with Crippen LogP contribution in [0.25, 0.3) is 0 Å². The molecule has 1 saturated carbocycles. The molecule has 3 rings (SSSR count). The van der Waals surface area contributed by atoms with Gasteiger partial charge in [0.15, 0.2) is 23.0 Å². The number of aryl methyl sites for hydroxylation is 1. The summed E-state index contributed by atoms with van der Waals surface area (Å²) >= 11 is 0. The Bertz CT molecular complexity index is 1020. The van der Waals surface area contributed by atoms with Gasteiger partial charge in [0.1, 0.15) is 0 Å². The molecule has 0 aliphatic heterocycles. The topological polar surface area (TPSA) is 121 Å². The monoisotopic (exact) mass is 480 g/mol. The molecule has 0 bridgehead atoms. The summed E-state index contributed by atoms with van der Waals surface area (Å²) in [4.78, 5) is 36.4. The van der Waals surface area contributed by atoms with Crippen molar-refractivity contribution in [2.45, 2.75) is 38.5 Å². The van der Waals surface area contributed by atoms with Crippen molar-refractivity contribution in [1.29, 1.82) is 0 Å². The lowest BCUT2D eigenvalue weighted by Gasteiger charge is -2.31. The maximum Gasteiger partial charge on any atom is 0.505 e. The zero-order chi connectivity index (χ0) is 24.2. The van der Waals surface area contributed by atoms with E-state index in [2.05, 4.69) is 4.67 Å². The third kappa shape index (κ3) is 5.86. The highest BCUT2D eigenvalue weighted by atomic mass is 31.2. The van der Waals surface area contributed by atoms with Crippen LogP contribution in [-0.2, 0) is 9.24 Å². The number of hydrogen-bond acceptors (Lipinski definition) is 7. The van der Waals surface area contributed by atoms with Crippen LogP contribution in [0.5, 0.6) is 23.0 Å². The van der Waals surface area contributed by atoms with Gasteiger partial charge in [-0.05, 0) is 55.0 Å². The fourth-order valence-corrected chi connectivity index (χ4v) is 4.48. The normalized spacial score (nSPS) is 18.5. The molecule has 0 spiro atoms. The smallest absolute Gasteiger partial charge is 0.493 e. The summed E-state index contributed by atoms with van der Waals surface area (Å²) in [6.45, 7) is 1.74. The summed E-state index contributed by atoms with van der Waals surface area (Å²) in [6, 6.07) is 8.69. The molecule has 0 aromatic heterocycles. The Hall–Kier alpha value is -2.58. The van der Waals surface area contributed by atoms with Crippen molar-refractivity contribution in [2.24, 2.45) is 5.92 Å². The van der Waals surface area contributed by atoms with Crippen molar-refractivity contribution < 1.29 is 42.9 Å². The first-order valence-electron chi connectivity index (χ1n) is 10.5. The first kappa shape index (κ1) is 25.1. The minimum atomic E-state index is -4.80. The largest absolute Gasteiger partial charge is 0.505 e. The lowest BCUT2D eigenvalue weighted by atomic mass is 9.72. The van der Waals surface area contributed by atoms with Gasteiger partial charge in [0.25, 0.3) is 0 Å². The molecule has 10 heteroatoms. The number of ketones is 1. The first-order chi connectivity index (χ1) is 15.7. The number of carbonyl (C=O) groups is 1. The van der Waals surface area contributed by atoms with Gasteiger partial charge in [-0.1, -0.05) is 29.6 Å². The van der Waals surface area contributed by atoms with Crippen LogP contribution in [0.1, 0.15) is 53.1 Å². The molecule has 1 aliphatic rings. The van der Waals surface area contributed by atoms with Gasteiger partial charge in [-0.2, -0.15) is 0 Å². The van der Waals surface area contributed by atoms with Crippen molar-refractivity contribution in [1.82, 2.24) is 0 Å².